The van der Waals surface area contributed by atoms with Crippen molar-refractivity contribution in [3.63, 3.8) is 0 Å². The molecule has 0 unspecified atom stereocenters. The first-order chi connectivity index (χ1) is 11.5. The van der Waals surface area contributed by atoms with Crippen LogP contribution in [0.5, 0.6) is 0 Å². The van der Waals surface area contributed by atoms with Crippen molar-refractivity contribution < 1.29 is 26.3 Å². The third-order valence-electron chi connectivity index (χ3n) is 4.80. The number of benzene rings is 1. The lowest BCUT2D eigenvalue weighted by molar-refractivity contribution is -0.142. The Morgan fingerprint density at radius 2 is 1.27 bits per heavy atom. The molecule has 144 valence electrons. The van der Waals surface area contributed by atoms with E-state index >= 15 is 0 Å². The van der Waals surface area contributed by atoms with E-state index in [9.17, 15) is 26.3 Å². The van der Waals surface area contributed by atoms with E-state index in [1.165, 1.54) is 0 Å². The van der Waals surface area contributed by atoms with Crippen LogP contribution in [0.15, 0.2) is 41.1 Å². The van der Waals surface area contributed by atoms with E-state index in [4.69, 9.17) is 0 Å². The molecular formula is C19H22F6Si. The summed E-state index contributed by atoms with van der Waals surface area (Å²) >= 11 is 0. The summed E-state index contributed by atoms with van der Waals surface area (Å²) in [5, 5.41) is 1.14. The fraction of sp³-hybridized carbons (Fsp3) is 0.474. The van der Waals surface area contributed by atoms with E-state index in [-0.39, 0.29) is 16.7 Å². The fourth-order valence-electron chi connectivity index (χ4n) is 3.29. The van der Waals surface area contributed by atoms with Gasteiger partial charge in [-0.05, 0) is 23.5 Å². The normalized spacial score (nSPS) is 16.6. The molecule has 0 saturated heterocycles. The van der Waals surface area contributed by atoms with Crippen LogP contribution >= 0.6 is 0 Å². The molecular weight excluding hydrogens is 370 g/mol. The minimum Gasteiger partial charge on any atom is -0.166 e. The molecule has 1 aromatic rings. The highest BCUT2D eigenvalue weighted by Gasteiger charge is 2.41. The fourth-order valence-corrected chi connectivity index (χ4v) is 6.43. The predicted octanol–water partition coefficient (Wildman–Crippen LogP) is 6.48. The van der Waals surface area contributed by atoms with E-state index in [0.29, 0.717) is 6.42 Å². The summed E-state index contributed by atoms with van der Waals surface area (Å²) in [6, 6.07) is 1.99. The Morgan fingerprint density at radius 3 is 1.65 bits per heavy atom. The summed E-state index contributed by atoms with van der Waals surface area (Å²) in [4.78, 5) is 0. The molecule has 0 aromatic heterocycles. The first kappa shape index (κ1) is 20.8. The second kappa shape index (κ2) is 6.29. The van der Waals surface area contributed by atoms with Crippen LogP contribution < -0.4 is 5.19 Å². The van der Waals surface area contributed by atoms with Gasteiger partial charge in [-0.2, -0.15) is 26.3 Å². The van der Waals surface area contributed by atoms with Crippen molar-refractivity contribution >= 4 is 13.3 Å². The smallest absolute Gasteiger partial charge is 0.166 e. The Labute approximate surface area is 150 Å². The van der Waals surface area contributed by atoms with Gasteiger partial charge in [0.05, 0.1) is 11.1 Å². The maximum absolute atomic E-state index is 13.2. The van der Waals surface area contributed by atoms with Gasteiger partial charge in [0.25, 0.3) is 0 Å². The molecule has 0 N–H and O–H groups in total. The van der Waals surface area contributed by atoms with Gasteiger partial charge in [-0.1, -0.05) is 68.5 Å². The average molecular weight is 392 g/mol. The van der Waals surface area contributed by atoms with E-state index in [1.54, 1.807) is 0 Å². The number of allylic oxidation sites excluding steroid dienone is 4. The van der Waals surface area contributed by atoms with E-state index < -0.39 is 31.6 Å². The molecule has 0 atom stereocenters. The number of hydrogen-bond donors (Lipinski definition) is 0. The van der Waals surface area contributed by atoms with Crippen molar-refractivity contribution in [2.24, 2.45) is 5.41 Å². The van der Waals surface area contributed by atoms with Crippen LogP contribution in [0, 0.1) is 5.41 Å². The van der Waals surface area contributed by atoms with Crippen molar-refractivity contribution in [1.82, 2.24) is 0 Å². The lowest BCUT2D eigenvalue weighted by atomic mass is 9.87. The molecule has 0 aliphatic heterocycles. The quantitative estimate of drug-likeness (QED) is 0.399. The minimum atomic E-state index is -4.82. The van der Waals surface area contributed by atoms with Gasteiger partial charge in [-0.25, -0.2) is 0 Å². The van der Waals surface area contributed by atoms with Gasteiger partial charge in [-0.3, -0.25) is 0 Å². The molecule has 26 heavy (non-hydrogen) atoms. The monoisotopic (exact) mass is 392 g/mol. The van der Waals surface area contributed by atoms with Gasteiger partial charge in [0.2, 0.25) is 0 Å². The first-order valence-corrected chi connectivity index (χ1v) is 11.2. The standard InChI is InChI=1S/C19H22F6Si/c1-17(2,3)15-7-6-8-16(15)26(4,5)14-10-12(18(20,21)22)9-13(11-14)19(23,24)25/h6-7,9-11H,8H2,1-5H3. The van der Waals surface area contributed by atoms with Crippen LogP contribution in [-0.4, -0.2) is 8.07 Å². The zero-order valence-corrected chi connectivity index (χ0v) is 16.4. The lowest BCUT2D eigenvalue weighted by Gasteiger charge is -2.32. The highest BCUT2D eigenvalue weighted by Crippen LogP contribution is 2.40. The zero-order valence-electron chi connectivity index (χ0n) is 15.4. The molecule has 0 amide bonds. The topological polar surface area (TPSA) is 0 Å². The van der Waals surface area contributed by atoms with Crippen LogP contribution in [0.3, 0.4) is 0 Å². The van der Waals surface area contributed by atoms with Crippen LogP contribution in [0.4, 0.5) is 26.3 Å². The molecule has 1 aromatic carbocycles. The second-order valence-electron chi connectivity index (χ2n) is 8.17. The van der Waals surface area contributed by atoms with Crippen molar-refractivity contribution in [2.75, 3.05) is 0 Å². The zero-order chi connectivity index (χ0) is 20.1. The molecule has 1 aliphatic rings. The minimum absolute atomic E-state index is 0.153. The highest BCUT2D eigenvalue weighted by atomic mass is 28.3. The Morgan fingerprint density at radius 1 is 0.808 bits per heavy atom. The first-order valence-electron chi connectivity index (χ1n) is 8.25. The second-order valence-corrected chi connectivity index (χ2v) is 12.6. The number of hydrogen-bond acceptors (Lipinski definition) is 0. The van der Waals surface area contributed by atoms with Gasteiger partial charge < -0.3 is 0 Å². The predicted molar refractivity (Wildman–Crippen MR) is 93.8 cm³/mol. The summed E-state index contributed by atoms with van der Waals surface area (Å²) in [5.74, 6) is 0. The number of alkyl halides is 6. The molecule has 0 heterocycles. The van der Waals surface area contributed by atoms with E-state index in [0.717, 1.165) is 22.9 Å². The summed E-state index contributed by atoms with van der Waals surface area (Å²) in [6.07, 6.45) is -5.19. The molecule has 0 spiro atoms. The van der Waals surface area contributed by atoms with Gasteiger partial charge in [0.1, 0.15) is 8.07 Å². The summed E-state index contributed by atoms with van der Waals surface area (Å²) in [6.45, 7) is 9.62. The number of halogens is 6. The van der Waals surface area contributed by atoms with Crippen molar-refractivity contribution in [3.05, 3.63) is 52.2 Å². The molecule has 0 fully saturated rings. The molecule has 1 aliphatic carbocycles. The maximum Gasteiger partial charge on any atom is 0.416 e. The Kier molecular flexibility index (Phi) is 5.03. The van der Waals surface area contributed by atoms with Crippen molar-refractivity contribution in [2.45, 2.75) is 52.6 Å². The van der Waals surface area contributed by atoms with Crippen LogP contribution in [0.25, 0.3) is 0 Å². The van der Waals surface area contributed by atoms with Gasteiger partial charge in [0.15, 0.2) is 0 Å². The molecule has 0 saturated carbocycles. The Hall–Kier alpha value is -1.50. The lowest BCUT2D eigenvalue weighted by Crippen LogP contribution is -2.45. The summed E-state index contributed by atoms with van der Waals surface area (Å²) in [5.41, 5.74) is -1.69. The van der Waals surface area contributed by atoms with Gasteiger partial charge in [0, 0.05) is 0 Å². The molecule has 0 bridgehead atoms. The van der Waals surface area contributed by atoms with E-state index in [1.807, 2.05) is 46.0 Å². The van der Waals surface area contributed by atoms with Crippen LogP contribution in [0.1, 0.15) is 38.3 Å². The van der Waals surface area contributed by atoms with Crippen LogP contribution in [0.2, 0.25) is 13.1 Å². The SMILES string of the molecule is CC(C)(C)C1=C([Si](C)(C)c2cc(C(F)(F)F)cc(C(F)(F)F)c2)CC=C1. The van der Waals surface area contributed by atoms with Gasteiger partial charge in [-0.15, -0.1) is 0 Å². The molecule has 0 radical (unpaired) electrons. The Balaban J connectivity index is 2.70. The summed E-state index contributed by atoms with van der Waals surface area (Å²) < 4.78 is 79.1. The third-order valence-corrected chi connectivity index (χ3v) is 8.52. The summed E-state index contributed by atoms with van der Waals surface area (Å²) in [7, 11) is -2.72. The highest BCUT2D eigenvalue weighted by molar-refractivity contribution is 6.96. The van der Waals surface area contributed by atoms with E-state index in [2.05, 4.69) is 0 Å². The number of rotatable bonds is 2. The van der Waals surface area contributed by atoms with Crippen LogP contribution in [-0.2, 0) is 12.4 Å². The van der Waals surface area contributed by atoms with Crippen molar-refractivity contribution in [3.8, 4) is 0 Å². The Bertz CT molecular complexity index is 725. The maximum atomic E-state index is 13.2. The van der Waals surface area contributed by atoms with Crippen molar-refractivity contribution in [1.29, 1.82) is 0 Å². The molecule has 2 rings (SSSR count). The largest absolute Gasteiger partial charge is 0.416 e. The third kappa shape index (κ3) is 4.08. The molecule has 7 heteroatoms. The van der Waals surface area contributed by atoms with Gasteiger partial charge >= 0.3 is 12.4 Å². The molecule has 0 nitrogen and oxygen atoms in total. The average Bonchev–Trinajstić information content (AvgIpc) is 2.95.